The van der Waals surface area contributed by atoms with E-state index in [0.717, 1.165) is 0 Å². The van der Waals surface area contributed by atoms with Crippen molar-refractivity contribution in [3.05, 3.63) is 33.8 Å². The van der Waals surface area contributed by atoms with Crippen LogP contribution in [-0.2, 0) is 11.3 Å². The lowest BCUT2D eigenvalue weighted by molar-refractivity contribution is 0.0600. The largest absolute Gasteiger partial charge is 0.465 e. The molecule has 0 aromatic heterocycles. The summed E-state index contributed by atoms with van der Waals surface area (Å²) in [6, 6.07) is 4.77. The number of hydrogen-bond acceptors (Lipinski definition) is 4. The number of carbonyl (C=O) groups excluding carboxylic acids is 1. The lowest BCUT2D eigenvalue weighted by Crippen LogP contribution is -2.07. The second kappa shape index (κ2) is 4.78. The van der Waals surface area contributed by atoms with Gasteiger partial charge in [0.2, 0.25) is 0 Å². The van der Waals surface area contributed by atoms with Gasteiger partial charge in [0.25, 0.3) is 0 Å². The highest BCUT2D eigenvalue weighted by Crippen LogP contribution is 2.21. The van der Waals surface area contributed by atoms with Crippen LogP contribution in [0.3, 0.4) is 0 Å². The number of rotatable bonds is 2. The lowest BCUT2D eigenvalue weighted by Gasteiger charge is -2.06. The predicted octanol–water partition coefficient (Wildman–Crippen LogP) is 1.46. The molecule has 5 heteroatoms. The van der Waals surface area contributed by atoms with E-state index in [-0.39, 0.29) is 17.7 Å². The SMILES string of the molecule is COC(=O)c1cc(CN)c(Cl)cc1C#N. The number of hydrogen-bond donors (Lipinski definition) is 1. The molecule has 0 atom stereocenters. The third-order valence-electron chi connectivity index (χ3n) is 1.93. The van der Waals surface area contributed by atoms with Gasteiger partial charge in [0.15, 0.2) is 0 Å². The van der Waals surface area contributed by atoms with E-state index in [1.165, 1.54) is 19.2 Å². The number of nitriles is 1. The van der Waals surface area contributed by atoms with E-state index in [0.29, 0.717) is 10.6 Å². The second-order valence-electron chi connectivity index (χ2n) is 2.80. The average molecular weight is 225 g/mol. The molecule has 4 nitrogen and oxygen atoms in total. The molecule has 0 fully saturated rings. The molecule has 0 spiro atoms. The summed E-state index contributed by atoms with van der Waals surface area (Å²) in [5.41, 5.74) is 6.41. The summed E-state index contributed by atoms with van der Waals surface area (Å²) in [6.07, 6.45) is 0. The first-order valence-corrected chi connectivity index (χ1v) is 4.52. The minimum absolute atomic E-state index is 0.184. The maximum atomic E-state index is 11.3. The van der Waals surface area contributed by atoms with Crippen molar-refractivity contribution in [3.63, 3.8) is 0 Å². The Morgan fingerprint density at radius 1 is 1.67 bits per heavy atom. The third-order valence-corrected chi connectivity index (χ3v) is 2.28. The van der Waals surface area contributed by atoms with Crippen LogP contribution in [-0.4, -0.2) is 13.1 Å². The van der Waals surface area contributed by atoms with E-state index in [4.69, 9.17) is 22.6 Å². The van der Waals surface area contributed by atoms with Crippen LogP contribution in [0, 0.1) is 11.3 Å². The molecule has 15 heavy (non-hydrogen) atoms. The number of ether oxygens (including phenoxy) is 1. The minimum atomic E-state index is -0.571. The zero-order valence-corrected chi connectivity index (χ0v) is 8.84. The molecule has 1 rings (SSSR count). The Morgan fingerprint density at radius 2 is 2.33 bits per heavy atom. The Balaban J connectivity index is 3.37. The van der Waals surface area contributed by atoms with Gasteiger partial charge in [0.1, 0.15) is 6.07 Å². The first-order chi connectivity index (χ1) is 7.13. The number of carbonyl (C=O) groups is 1. The standard InChI is InChI=1S/C10H9ClN2O2/c1-15-10(14)8-2-7(5-13)9(11)3-6(8)4-12/h2-3H,5,13H2,1H3. The predicted molar refractivity (Wildman–Crippen MR) is 55.4 cm³/mol. The van der Waals surface area contributed by atoms with Gasteiger partial charge in [-0.05, 0) is 17.7 Å². The molecule has 0 unspecified atom stereocenters. The van der Waals surface area contributed by atoms with Crippen molar-refractivity contribution in [2.24, 2.45) is 5.73 Å². The lowest BCUT2D eigenvalue weighted by atomic mass is 10.0. The van der Waals surface area contributed by atoms with E-state index in [1.807, 2.05) is 6.07 Å². The molecule has 0 heterocycles. The zero-order chi connectivity index (χ0) is 11.4. The smallest absolute Gasteiger partial charge is 0.339 e. The quantitative estimate of drug-likeness (QED) is 0.772. The van der Waals surface area contributed by atoms with E-state index >= 15 is 0 Å². The van der Waals surface area contributed by atoms with Crippen molar-refractivity contribution in [2.75, 3.05) is 7.11 Å². The molecule has 1 aromatic rings. The van der Waals surface area contributed by atoms with Gasteiger partial charge in [-0.2, -0.15) is 5.26 Å². The van der Waals surface area contributed by atoms with Crippen LogP contribution in [0.5, 0.6) is 0 Å². The summed E-state index contributed by atoms with van der Waals surface area (Å²) >= 11 is 5.84. The number of esters is 1. The van der Waals surface area contributed by atoms with E-state index < -0.39 is 5.97 Å². The Morgan fingerprint density at radius 3 is 2.80 bits per heavy atom. The van der Waals surface area contributed by atoms with Gasteiger partial charge < -0.3 is 10.5 Å². The summed E-state index contributed by atoms with van der Waals surface area (Å²) in [4.78, 5) is 11.3. The van der Waals surface area contributed by atoms with Crippen LogP contribution in [0.4, 0.5) is 0 Å². The topological polar surface area (TPSA) is 76.1 Å². The normalized spacial score (nSPS) is 9.47. The van der Waals surface area contributed by atoms with Crippen molar-refractivity contribution in [1.29, 1.82) is 5.26 Å². The molecule has 0 aliphatic rings. The monoisotopic (exact) mass is 224 g/mol. The second-order valence-corrected chi connectivity index (χ2v) is 3.20. The Kier molecular flexibility index (Phi) is 3.67. The fourth-order valence-corrected chi connectivity index (χ4v) is 1.39. The minimum Gasteiger partial charge on any atom is -0.465 e. The third kappa shape index (κ3) is 2.27. The van der Waals surface area contributed by atoms with Crippen LogP contribution < -0.4 is 5.73 Å². The van der Waals surface area contributed by atoms with Gasteiger partial charge in [-0.25, -0.2) is 4.79 Å². The van der Waals surface area contributed by atoms with Crippen LogP contribution in [0.2, 0.25) is 5.02 Å². The van der Waals surface area contributed by atoms with Crippen LogP contribution >= 0.6 is 11.6 Å². The van der Waals surface area contributed by atoms with E-state index in [9.17, 15) is 4.79 Å². The maximum Gasteiger partial charge on any atom is 0.339 e. The number of methoxy groups -OCH3 is 1. The number of nitrogens with zero attached hydrogens (tertiary/aromatic N) is 1. The van der Waals surface area contributed by atoms with Crippen molar-refractivity contribution in [3.8, 4) is 6.07 Å². The van der Waals surface area contributed by atoms with Crippen LogP contribution in [0.25, 0.3) is 0 Å². The number of halogens is 1. The first kappa shape index (κ1) is 11.5. The highest BCUT2D eigenvalue weighted by molar-refractivity contribution is 6.31. The van der Waals surface area contributed by atoms with Gasteiger partial charge in [-0.15, -0.1) is 0 Å². The highest BCUT2D eigenvalue weighted by atomic mass is 35.5. The van der Waals surface area contributed by atoms with Crippen LogP contribution in [0.15, 0.2) is 12.1 Å². The Bertz CT molecular complexity index is 438. The molecule has 0 radical (unpaired) electrons. The molecule has 0 bridgehead atoms. The molecule has 0 saturated heterocycles. The number of benzene rings is 1. The summed E-state index contributed by atoms with van der Waals surface area (Å²) in [5, 5.41) is 9.18. The highest BCUT2D eigenvalue weighted by Gasteiger charge is 2.14. The van der Waals surface area contributed by atoms with Crippen molar-refractivity contribution in [2.45, 2.75) is 6.54 Å². The van der Waals surface area contributed by atoms with Crippen LogP contribution in [0.1, 0.15) is 21.5 Å². The molecule has 1 aromatic carbocycles. The van der Waals surface area contributed by atoms with Gasteiger partial charge in [-0.3, -0.25) is 0 Å². The van der Waals surface area contributed by atoms with E-state index in [1.54, 1.807) is 0 Å². The average Bonchev–Trinajstić information content (AvgIpc) is 2.27. The van der Waals surface area contributed by atoms with E-state index in [2.05, 4.69) is 4.74 Å². The molecular weight excluding hydrogens is 216 g/mol. The molecule has 0 saturated carbocycles. The maximum absolute atomic E-state index is 11.3. The molecule has 2 N–H and O–H groups in total. The molecule has 78 valence electrons. The zero-order valence-electron chi connectivity index (χ0n) is 8.08. The summed E-state index contributed by atoms with van der Waals surface area (Å²) in [7, 11) is 1.25. The molecule has 0 aliphatic heterocycles. The van der Waals surface area contributed by atoms with Gasteiger partial charge in [0.05, 0.1) is 18.2 Å². The fraction of sp³-hybridized carbons (Fsp3) is 0.200. The van der Waals surface area contributed by atoms with Crippen molar-refractivity contribution >= 4 is 17.6 Å². The molecular formula is C10H9ClN2O2. The molecule has 0 amide bonds. The molecule has 0 aliphatic carbocycles. The summed E-state index contributed by atoms with van der Waals surface area (Å²) < 4.78 is 4.54. The fourth-order valence-electron chi connectivity index (χ4n) is 1.15. The Labute approximate surface area is 92.2 Å². The first-order valence-electron chi connectivity index (χ1n) is 4.15. The summed E-state index contributed by atoms with van der Waals surface area (Å²) in [5.74, 6) is -0.571. The van der Waals surface area contributed by atoms with Crippen molar-refractivity contribution < 1.29 is 9.53 Å². The van der Waals surface area contributed by atoms with Gasteiger partial charge >= 0.3 is 5.97 Å². The number of nitrogens with two attached hydrogens (primary N) is 1. The van der Waals surface area contributed by atoms with Gasteiger partial charge in [0, 0.05) is 11.6 Å². The Hall–Kier alpha value is -1.57. The van der Waals surface area contributed by atoms with Crippen molar-refractivity contribution in [1.82, 2.24) is 0 Å². The van der Waals surface area contributed by atoms with Gasteiger partial charge in [-0.1, -0.05) is 11.6 Å². The summed E-state index contributed by atoms with van der Waals surface area (Å²) in [6.45, 7) is 0.203.